The molecule has 8 nitrogen and oxygen atoms in total. The number of imide groups is 2. The highest BCUT2D eigenvalue weighted by Crippen LogP contribution is 2.40. The lowest BCUT2D eigenvalue weighted by Crippen LogP contribution is -2.43. The van der Waals surface area contributed by atoms with Crippen molar-refractivity contribution in [1.82, 2.24) is 0 Å². The van der Waals surface area contributed by atoms with E-state index >= 15 is 0 Å². The molecule has 2 aliphatic heterocycles. The Morgan fingerprint density at radius 1 is 0.326 bits per heavy atom. The fraction of sp³-hybridized carbons (Fsp3) is 0. The molecule has 2 heterocycles. The maximum atomic E-state index is 13.8. The summed E-state index contributed by atoms with van der Waals surface area (Å²) in [5.74, 6) is -2.08. The number of para-hydroxylation sites is 2. The molecular formula is C38H24N4O4. The highest BCUT2D eigenvalue weighted by Gasteiger charge is 2.40. The number of rotatable bonds is 6. The molecule has 2 N–H and O–H groups in total. The molecule has 0 saturated carbocycles. The van der Waals surface area contributed by atoms with Gasteiger partial charge in [-0.05, 0) is 97.1 Å². The van der Waals surface area contributed by atoms with Crippen LogP contribution < -0.4 is 20.4 Å². The van der Waals surface area contributed by atoms with Crippen molar-refractivity contribution in [3.05, 3.63) is 156 Å². The van der Waals surface area contributed by atoms with E-state index in [-0.39, 0.29) is 22.3 Å². The summed E-state index contributed by atoms with van der Waals surface area (Å²) >= 11 is 0. The SMILES string of the molecule is O=C1c2ccc3c4c(ccc(c24)C(=O)N1c1ccc(Nc2ccccc2)cc1)C(=O)N(c1ccc(Nc2ccccc2)cc1)C3=O. The number of hydrogen-bond acceptors (Lipinski definition) is 6. The lowest BCUT2D eigenvalue weighted by atomic mass is 9.85. The van der Waals surface area contributed by atoms with Crippen LogP contribution in [0.25, 0.3) is 10.8 Å². The van der Waals surface area contributed by atoms with Gasteiger partial charge in [-0.2, -0.15) is 0 Å². The van der Waals surface area contributed by atoms with Crippen LogP contribution in [0.4, 0.5) is 34.1 Å². The molecule has 46 heavy (non-hydrogen) atoms. The Hall–Kier alpha value is -6.54. The van der Waals surface area contributed by atoms with Gasteiger partial charge >= 0.3 is 0 Å². The second-order valence-corrected chi connectivity index (χ2v) is 11.0. The minimum atomic E-state index is -0.520. The minimum Gasteiger partial charge on any atom is -0.356 e. The van der Waals surface area contributed by atoms with E-state index in [1.54, 1.807) is 72.8 Å². The topological polar surface area (TPSA) is 98.8 Å². The predicted molar refractivity (Wildman–Crippen MR) is 179 cm³/mol. The van der Waals surface area contributed by atoms with Crippen molar-refractivity contribution in [2.45, 2.75) is 0 Å². The van der Waals surface area contributed by atoms with Gasteiger partial charge in [-0.25, -0.2) is 9.80 Å². The predicted octanol–water partition coefficient (Wildman–Crippen LogP) is 7.93. The number of nitrogens with zero attached hydrogens (tertiary/aromatic N) is 2. The quantitative estimate of drug-likeness (QED) is 0.188. The monoisotopic (exact) mass is 600 g/mol. The summed E-state index contributed by atoms with van der Waals surface area (Å²) in [6, 6.07) is 39.6. The molecule has 4 amide bonds. The van der Waals surface area contributed by atoms with Crippen LogP contribution in [0.3, 0.4) is 0 Å². The molecule has 2 aliphatic rings. The maximum absolute atomic E-state index is 13.8. The van der Waals surface area contributed by atoms with Crippen molar-refractivity contribution in [1.29, 1.82) is 0 Å². The molecule has 0 spiro atoms. The number of amides is 4. The number of nitrogens with one attached hydrogen (secondary N) is 2. The van der Waals surface area contributed by atoms with E-state index in [2.05, 4.69) is 10.6 Å². The van der Waals surface area contributed by atoms with E-state index in [0.717, 1.165) is 32.5 Å². The third kappa shape index (κ3) is 4.31. The first-order valence-electron chi connectivity index (χ1n) is 14.7. The largest absolute Gasteiger partial charge is 0.356 e. The Labute approximate surface area is 263 Å². The van der Waals surface area contributed by atoms with Crippen molar-refractivity contribution in [3.8, 4) is 0 Å². The number of anilines is 6. The van der Waals surface area contributed by atoms with Crippen LogP contribution >= 0.6 is 0 Å². The van der Waals surface area contributed by atoms with Gasteiger partial charge in [-0.15, -0.1) is 0 Å². The smallest absolute Gasteiger partial charge is 0.265 e. The van der Waals surface area contributed by atoms with E-state index in [4.69, 9.17) is 0 Å². The number of benzene rings is 6. The van der Waals surface area contributed by atoms with Gasteiger partial charge in [0.15, 0.2) is 0 Å². The van der Waals surface area contributed by atoms with Crippen molar-refractivity contribution < 1.29 is 19.2 Å². The molecule has 0 aromatic heterocycles. The van der Waals surface area contributed by atoms with Crippen molar-refractivity contribution in [2.24, 2.45) is 0 Å². The average Bonchev–Trinajstić information content (AvgIpc) is 3.09. The van der Waals surface area contributed by atoms with Crippen molar-refractivity contribution in [2.75, 3.05) is 20.4 Å². The van der Waals surface area contributed by atoms with Crippen molar-refractivity contribution >= 4 is 68.5 Å². The van der Waals surface area contributed by atoms with Gasteiger partial charge < -0.3 is 10.6 Å². The molecule has 0 fully saturated rings. The van der Waals surface area contributed by atoms with Crippen LogP contribution in [0.15, 0.2) is 133 Å². The van der Waals surface area contributed by atoms with Crippen molar-refractivity contribution in [3.63, 3.8) is 0 Å². The summed E-state index contributed by atoms with van der Waals surface area (Å²) in [5.41, 5.74) is 5.28. The average molecular weight is 601 g/mol. The van der Waals surface area contributed by atoms with Gasteiger partial charge in [0, 0.05) is 55.8 Å². The standard InChI is InChI=1S/C38H24N4O4/c43-35-29-19-21-31-34-32(38(46)42(37(31)45)28-17-13-26(14-18-28)40-24-9-5-2-6-10-24)22-20-30(33(29)34)36(44)41(35)27-15-11-25(12-16-27)39-23-7-3-1-4-8-23/h1-22,39-40H. The zero-order chi connectivity index (χ0) is 31.4. The first-order chi connectivity index (χ1) is 22.5. The van der Waals surface area contributed by atoms with E-state index in [1.165, 1.54) is 0 Å². The molecule has 0 saturated heterocycles. The zero-order valence-electron chi connectivity index (χ0n) is 24.2. The Morgan fingerprint density at radius 3 is 0.913 bits per heavy atom. The molecule has 0 bridgehead atoms. The summed E-state index contributed by atoms with van der Waals surface area (Å²) in [4.78, 5) is 57.6. The summed E-state index contributed by atoms with van der Waals surface area (Å²) in [7, 11) is 0. The van der Waals surface area contributed by atoms with E-state index in [9.17, 15) is 19.2 Å². The molecular weight excluding hydrogens is 576 g/mol. The number of carbonyl (C=O) groups excluding carboxylic acids is 4. The second kappa shape index (κ2) is 10.6. The third-order valence-corrected chi connectivity index (χ3v) is 8.27. The lowest BCUT2D eigenvalue weighted by Gasteiger charge is -2.32. The van der Waals surface area contributed by atoms with Gasteiger partial charge in [0.25, 0.3) is 23.6 Å². The molecule has 8 rings (SSSR count). The Morgan fingerprint density at radius 2 is 0.609 bits per heavy atom. The summed E-state index contributed by atoms with van der Waals surface area (Å²) < 4.78 is 0. The van der Waals surface area contributed by atoms with Crippen LogP contribution in [0.1, 0.15) is 41.4 Å². The normalized spacial score (nSPS) is 13.7. The van der Waals surface area contributed by atoms with Crippen LogP contribution in [0, 0.1) is 0 Å². The lowest BCUT2D eigenvalue weighted by molar-refractivity contribution is 0.0873. The van der Waals surface area contributed by atoms with Gasteiger partial charge in [0.05, 0.1) is 11.4 Å². The fourth-order valence-corrected chi connectivity index (χ4v) is 6.11. The fourth-order valence-electron chi connectivity index (χ4n) is 6.11. The maximum Gasteiger partial charge on any atom is 0.265 e. The molecule has 6 aromatic rings. The summed E-state index contributed by atoms with van der Waals surface area (Å²) in [6.45, 7) is 0. The number of carbonyl (C=O) groups is 4. The van der Waals surface area contributed by atoms with Crippen LogP contribution in [0.5, 0.6) is 0 Å². The highest BCUT2D eigenvalue weighted by atomic mass is 16.2. The second-order valence-electron chi connectivity index (χ2n) is 11.0. The molecule has 8 heteroatoms. The van der Waals surface area contributed by atoms with E-state index < -0.39 is 23.6 Å². The van der Waals surface area contributed by atoms with Crippen LogP contribution in [-0.2, 0) is 0 Å². The zero-order valence-corrected chi connectivity index (χ0v) is 24.2. The summed E-state index contributed by atoms with van der Waals surface area (Å²) in [6.07, 6.45) is 0. The summed E-state index contributed by atoms with van der Waals surface area (Å²) in [5, 5.41) is 7.23. The Bertz CT molecular complexity index is 1980. The van der Waals surface area contributed by atoms with Crippen LogP contribution in [0.2, 0.25) is 0 Å². The Kier molecular flexibility index (Phi) is 6.21. The first kappa shape index (κ1) is 27.0. The van der Waals surface area contributed by atoms with Gasteiger partial charge in [0.2, 0.25) is 0 Å². The van der Waals surface area contributed by atoms with Gasteiger partial charge in [-0.3, -0.25) is 19.2 Å². The van der Waals surface area contributed by atoms with Crippen LogP contribution in [-0.4, -0.2) is 23.6 Å². The van der Waals surface area contributed by atoms with E-state index in [1.807, 2.05) is 60.7 Å². The highest BCUT2D eigenvalue weighted by molar-refractivity contribution is 6.42. The Balaban J connectivity index is 1.11. The molecule has 0 aliphatic carbocycles. The van der Waals surface area contributed by atoms with E-state index in [0.29, 0.717) is 22.1 Å². The molecule has 0 unspecified atom stereocenters. The third-order valence-electron chi connectivity index (χ3n) is 8.27. The molecule has 6 aromatic carbocycles. The van der Waals surface area contributed by atoms with Gasteiger partial charge in [0.1, 0.15) is 0 Å². The molecule has 0 atom stereocenters. The first-order valence-corrected chi connectivity index (χ1v) is 14.7. The minimum absolute atomic E-state index is 0.257. The molecule has 220 valence electrons. The molecule has 0 radical (unpaired) electrons. The van der Waals surface area contributed by atoms with Gasteiger partial charge in [-0.1, -0.05) is 36.4 Å². The number of hydrogen-bond donors (Lipinski definition) is 2.